The normalized spacial score (nSPS) is 14.3. The molecule has 4 heteroatoms. The molecule has 0 fully saturated rings. The Hall–Kier alpha value is -2.62. The highest BCUT2D eigenvalue weighted by atomic mass is 16.2. The Morgan fingerprint density at radius 3 is 2.56 bits per heavy atom. The highest BCUT2D eigenvalue weighted by Gasteiger charge is 2.34. The predicted octanol–water partition coefficient (Wildman–Crippen LogP) is 3.61. The van der Waals surface area contributed by atoms with E-state index >= 15 is 0 Å². The molecule has 1 N–H and O–H groups in total. The molecule has 1 heterocycles. The van der Waals surface area contributed by atoms with Crippen LogP contribution in [0.15, 0.2) is 48.5 Å². The number of nitrogens with one attached hydrogen (secondary N) is 1. The molecular formula is C21H24N2O2. The van der Waals surface area contributed by atoms with E-state index in [4.69, 9.17) is 0 Å². The number of hydrogen-bond donors (Lipinski definition) is 1. The van der Waals surface area contributed by atoms with Crippen molar-refractivity contribution in [3.63, 3.8) is 0 Å². The summed E-state index contributed by atoms with van der Waals surface area (Å²) in [4.78, 5) is 27.0. The molecule has 2 aromatic carbocycles. The summed E-state index contributed by atoms with van der Waals surface area (Å²) in [5.74, 6) is -0.0133. The van der Waals surface area contributed by atoms with Gasteiger partial charge in [-0.15, -0.1) is 0 Å². The van der Waals surface area contributed by atoms with Gasteiger partial charge in [-0.1, -0.05) is 55.0 Å². The smallest absolute Gasteiger partial charge is 0.255 e. The molecule has 25 heavy (non-hydrogen) atoms. The molecule has 0 spiro atoms. The number of carbonyl (C=O) groups is 2. The molecule has 1 aliphatic rings. The molecular weight excluding hydrogens is 312 g/mol. The summed E-state index contributed by atoms with van der Waals surface area (Å²) in [7, 11) is 0. The van der Waals surface area contributed by atoms with E-state index in [1.807, 2.05) is 67.3 Å². The van der Waals surface area contributed by atoms with Crippen LogP contribution in [0.1, 0.15) is 52.9 Å². The van der Waals surface area contributed by atoms with Crippen LogP contribution in [-0.2, 0) is 11.3 Å². The van der Waals surface area contributed by atoms with Gasteiger partial charge >= 0.3 is 0 Å². The van der Waals surface area contributed by atoms with Gasteiger partial charge in [0.15, 0.2) is 0 Å². The van der Waals surface area contributed by atoms with Crippen LogP contribution >= 0.6 is 0 Å². The molecule has 0 saturated carbocycles. The van der Waals surface area contributed by atoms with Crippen molar-refractivity contribution in [1.29, 1.82) is 0 Å². The number of amides is 2. The van der Waals surface area contributed by atoms with Gasteiger partial charge in [-0.05, 0) is 30.5 Å². The minimum atomic E-state index is -0.252. The van der Waals surface area contributed by atoms with E-state index in [9.17, 15) is 9.59 Å². The van der Waals surface area contributed by atoms with Gasteiger partial charge in [0.05, 0.1) is 12.5 Å². The summed E-state index contributed by atoms with van der Waals surface area (Å²) in [5, 5.41) is 2.93. The molecule has 0 bridgehead atoms. The second-order valence-electron chi connectivity index (χ2n) is 6.57. The lowest BCUT2D eigenvalue weighted by Crippen LogP contribution is -2.34. The molecule has 1 aliphatic heterocycles. The third-order valence-corrected chi connectivity index (χ3v) is 4.64. The molecule has 0 radical (unpaired) electrons. The lowest BCUT2D eigenvalue weighted by atomic mass is 10.00. The summed E-state index contributed by atoms with van der Waals surface area (Å²) < 4.78 is 0. The van der Waals surface area contributed by atoms with Crippen LogP contribution in [0.2, 0.25) is 0 Å². The zero-order chi connectivity index (χ0) is 17.8. The maximum Gasteiger partial charge on any atom is 0.255 e. The maximum absolute atomic E-state index is 12.9. The van der Waals surface area contributed by atoms with Crippen molar-refractivity contribution in [3.05, 3.63) is 70.8 Å². The summed E-state index contributed by atoms with van der Waals surface area (Å²) in [6.45, 7) is 5.27. The molecule has 3 rings (SSSR count). The molecule has 2 aromatic rings. The van der Waals surface area contributed by atoms with Crippen LogP contribution < -0.4 is 5.32 Å². The number of carbonyl (C=O) groups excluding carboxylic acids is 2. The first-order valence-electron chi connectivity index (χ1n) is 8.82. The van der Waals surface area contributed by atoms with E-state index in [0.29, 0.717) is 13.1 Å². The van der Waals surface area contributed by atoms with Gasteiger partial charge in [0.2, 0.25) is 5.91 Å². The van der Waals surface area contributed by atoms with E-state index in [-0.39, 0.29) is 24.3 Å². The van der Waals surface area contributed by atoms with Gasteiger partial charge < -0.3 is 10.2 Å². The Kier molecular flexibility index (Phi) is 5.17. The fraction of sp³-hybridized carbons (Fsp3) is 0.333. The molecule has 4 nitrogen and oxygen atoms in total. The van der Waals surface area contributed by atoms with Crippen LogP contribution in [0.25, 0.3) is 0 Å². The Morgan fingerprint density at radius 2 is 1.88 bits per heavy atom. The molecule has 2 amide bonds. The molecule has 1 atom stereocenters. The molecule has 0 aromatic heterocycles. The number of nitrogens with zero attached hydrogens (tertiary/aromatic N) is 1. The lowest BCUT2D eigenvalue weighted by Gasteiger charge is -2.28. The molecule has 0 saturated heterocycles. The highest BCUT2D eigenvalue weighted by molar-refractivity contribution is 5.98. The first-order valence-corrected chi connectivity index (χ1v) is 8.82. The quantitative estimate of drug-likeness (QED) is 0.876. The Labute approximate surface area is 148 Å². The minimum Gasteiger partial charge on any atom is -0.356 e. The zero-order valence-corrected chi connectivity index (χ0v) is 14.8. The highest BCUT2D eigenvalue weighted by Crippen LogP contribution is 2.33. The first-order chi connectivity index (χ1) is 12.1. The van der Waals surface area contributed by atoms with E-state index in [1.54, 1.807) is 0 Å². The third-order valence-electron chi connectivity index (χ3n) is 4.64. The average molecular weight is 336 g/mol. The van der Waals surface area contributed by atoms with Crippen LogP contribution in [0.3, 0.4) is 0 Å². The van der Waals surface area contributed by atoms with Crippen molar-refractivity contribution in [2.45, 2.75) is 39.3 Å². The fourth-order valence-corrected chi connectivity index (χ4v) is 3.24. The van der Waals surface area contributed by atoms with Gasteiger partial charge in [-0.3, -0.25) is 9.59 Å². The van der Waals surface area contributed by atoms with Crippen molar-refractivity contribution >= 4 is 11.8 Å². The van der Waals surface area contributed by atoms with Gasteiger partial charge in [0.25, 0.3) is 5.91 Å². The van der Waals surface area contributed by atoms with Crippen molar-refractivity contribution in [3.8, 4) is 0 Å². The monoisotopic (exact) mass is 336 g/mol. The minimum absolute atomic E-state index is 0.00414. The van der Waals surface area contributed by atoms with E-state index in [1.165, 1.54) is 0 Å². The number of fused-ring (bicyclic) bond motifs is 1. The van der Waals surface area contributed by atoms with Crippen LogP contribution in [0, 0.1) is 6.92 Å². The van der Waals surface area contributed by atoms with Gasteiger partial charge in [-0.2, -0.15) is 0 Å². The molecule has 0 unspecified atom stereocenters. The number of aryl methyl sites for hydroxylation is 1. The van der Waals surface area contributed by atoms with Gasteiger partial charge in [-0.25, -0.2) is 0 Å². The summed E-state index contributed by atoms with van der Waals surface area (Å²) in [6, 6.07) is 15.5. The Morgan fingerprint density at radius 1 is 1.16 bits per heavy atom. The largest absolute Gasteiger partial charge is 0.356 e. The second kappa shape index (κ2) is 7.51. The van der Waals surface area contributed by atoms with Crippen LogP contribution in [0.4, 0.5) is 0 Å². The van der Waals surface area contributed by atoms with Crippen molar-refractivity contribution in [2.24, 2.45) is 0 Å². The predicted molar refractivity (Wildman–Crippen MR) is 98.2 cm³/mol. The zero-order valence-electron chi connectivity index (χ0n) is 14.8. The molecule has 0 aliphatic carbocycles. The second-order valence-corrected chi connectivity index (χ2v) is 6.57. The number of hydrogen-bond acceptors (Lipinski definition) is 2. The average Bonchev–Trinajstić information content (AvgIpc) is 2.96. The summed E-state index contributed by atoms with van der Waals surface area (Å²) in [6.07, 6.45) is 1.18. The van der Waals surface area contributed by atoms with Gasteiger partial charge in [0.1, 0.15) is 0 Å². The van der Waals surface area contributed by atoms with Crippen molar-refractivity contribution < 1.29 is 9.59 Å². The maximum atomic E-state index is 12.9. The third kappa shape index (κ3) is 3.73. The molecule has 130 valence electrons. The standard InChI is InChI=1S/C21H24N2O2/c1-3-12-22-20(24)13-19(16-10-8-15(2)9-11-16)23-14-17-6-4-5-7-18(17)21(23)25/h4-11,19H,3,12-14H2,1-2H3,(H,22,24)/t19-/m0/s1. The summed E-state index contributed by atoms with van der Waals surface area (Å²) in [5.41, 5.74) is 3.93. The van der Waals surface area contributed by atoms with E-state index in [0.717, 1.165) is 28.7 Å². The lowest BCUT2D eigenvalue weighted by molar-refractivity contribution is -0.122. The number of benzene rings is 2. The topological polar surface area (TPSA) is 49.4 Å². The Bertz CT molecular complexity index is 768. The van der Waals surface area contributed by atoms with Gasteiger partial charge in [0, 0.05) is 18.7 Å². The van der Waals surface area contributed by atoms with Crippen LogP contribution in [-0.4, -0.2) is 23.3 Å². The van der Waals surface area contributed by atoms with E-state index in [2.05, 4.69) is 5.32 Å². The first kappa shape index (κ1) is 17.2. The van der Waals surface area contributed by atoms with Crippen molar-refractivity contribution in [1.82, 2.24) is 10.2 Å². The number of rotatable bonds is 6. The Balaban J connectivity index is 1.88. The summed E-state index contributed by atoms with van der Waals surface area (Å²) >= 11 is 0. The van der Waals surface area contributed by atoms with Crippen molar-refractivity contribution in [2.75, 3.05) is 6.54 Å². The van der Waals surface area contributed by atoms with Crippen LogP contribution in [0.5, 0.6) is 0 Å². The SMILES string of the molecule is CCCNC(=O)C[C@@H](c1ccc(C)cc1)N1Cc2ccccc2C1=O. The fourth-order valence-electron chi connectivity index (χ4n) is 3.24. The van der Waals surface area contributed by atoms with E-state index < -0.39 is 0 Å².